The molecule has 7 heteroatoms. The lowest BCUT2D eigenvalue weighted by Gasteiger charge is -2.36. The summed E-state index contributed by atoms with van der Waals surface area (Å²) in [6.07, 6.45) is 3.56. The highest BCUT2D eigenvalue weighted by Crippen LogP contribution is 2.28. The number of ether oxygens (including phenoxy) is 1. The number of piperazine rings is 1. The minimum Gasteiger partial charge on any atom is -0.495 e. The summed E-state index contributed by atoms with van der Waals surface area (Å²) in [5.74, 6) is 0.800. The number of anilines is 1. The van der Waals surface area contributed by atoms with Crippen molar-refractivity contribution in [2.24, 2.45) is 0 Å². The number of halogens is 1. The molecule has 1 aromatic carbocycles. The predicted octanol–water partition coefficient (Wildman–Crippen LogP) is 2.96. The van der Waals surface area contributed by atoms with Gasteiger partial charge < -0.3 is 18.9 Å². The lowest BCUT2D eigenvalue weighted by atomic mass is 10.2. The van der Waals surface area contributed by atoms with Crippen LogP contribution in [0.15, 0.2) is 48.8 Å². The van der Waals surface area contributed by atoms with Crippen molar-refractivity contribution in [3.63, 3.8) is 0 Å². The summed E-state index contributed by atoms with van der Waals surface area (Å²) < 4.78 is 7.25. The van der Waals surface area contributed by atoms with Gasteiger partial charge in [-0.15, -0.1) is 0 Å². The summed E-state index contributed by atoms with van der Waals surface area (Å²) in [6.45, 7) is 2.80. The van der Waals surface area contributed by atoms with Crippen LogP contribution in [0.2, 0.25) is 5.02 Å². The number of fused-ring (bicyclic) bond motifs is 1. The van der Waals surface area contributed by atoms with Crippen molar-refractivity contribution >= 4 is 28.8 Å². The number of carbonyl (C=O) groups is 1. The van der Waals surface area contributed by atoms with Gasteiger partial charge in [-0.05, 0) is 18.2 Å². The fraction of sp³-hybridized carbons (Fsp3) is 0.263. The van der Waals surface area contributed by atoms with E-state index in [9.17, 15) is 4.79 Å². The van der Waals surface area contributed by atoms with Gasteiger partial charge in [0, 0.05) is 49.7 Å². The van der Waals surface area contributed by atoms with Gasteiger partial charge in [0.15, 0.2) is 0 Å². The summed E-state index contributed by atoms with van der Waals surface area (Å²) >= 11 is 5.99. The maximum absolute atomic E-state index is 12.8. The molecule has 0 aliphatic carbocycles. The number of hydrogen-bond acceptors (Lipinski definition) is 4. The zero-order chi connectivity index (χ0) is 18.1. The number of nitrogens with zero attached hydrogens (tertiary/aromatic N) is 4. The van der Waals surface area contributed by atoms with Crippen LogP contribution in [0.3, 0.4) is 0 Å². The topological polar surface area (TPSA) is 50.1 Å². The van der Waals surface area contributed by atoms with E-state index in [-0.39, 0.29) is 5.91 Å². The number of benzene rings is 1. The van der Waals surface area contributed by atoms with E-state index >= 15 is 0 Å². The first-order valence-corrected chi connectivity index (χ1v) is 8.85. The average molecular weight is 371 g/mol. The van der Waals surface area contributed by atoms with Gasteiger partial charge in [-0.3, -0.25) is 4.79 Å². The van der Waals surface area contributed by atoms with E-state index in [1.165, 1.54) is 0 Å². The fourth-order valence-electron chi connectivity index (χ4n) is 3.26. The number of aromatic nitrogens is 2. The lowest BCUT2D eigenvalue weighted by Crippen LogP contribution is -2.49. The molecule has 0 saturated carbocycles. The Balaban J connectivity index is 1.47. The second kappa shape index (κ2) is 6.88. The smallest absolute Gasteiger partial charge is 0.274 e. The number of carbonyl (C=O) groups excluding carboxylic acids is 1. The molecule has 0 unspecified atom stereocenters. The SMILES string of the molecule is COc1ccccc1N1CCN(C(=O)c2cn3ccc(Cl)cc3n2)CC1. The van der Waals surface area contributed by atoms with Crippen LogP contribution in [-0.4, -0.2) is 53.5 Å². The quantitative estimate of drug-likeness (QED) is 0.711. The second-order valence-electron chi connectivity index (χ2n) is 6.19. The van der Waals surface area contributed by atoms with Crippen molar-refractivity contribution in [2.45, 2.75) is 0 Å². The van der Waals surface area contributed by atoms with Gasteiger partial charge in [0.2, 0.25) is 0 Å². The molecule has 0 radical (unpaired) electrons. The molecule has 0 atom stereocenters. The van der Waals surface area contributed by atoms with Gasteiger partial charge in [-0.2, -0.15) is 0 Å². The molecule has 26 heavy (non-hydrogen) atoms. The van der Waals surface area contributed by atoms with E-state index in [1.54, 1.807) is 31.6 Å². The van der Waals surface area contributed by atoms with Gasteiger partial charge in [-0.1, -0.05) is 23.7 Å². The number of methoxy groups -OCH3 is 1. The van der Waals surface area contributed by atoms with Crippen molar-refractivity contribution in [1.29, 1.82) is 0 Å². The van der Waals surface area contributed by atoms with Gasteiger partial charge >= 0.3 is 0 Å². The molecule has 1 aliphatic heterocycles. The van der Waals surface area contributed by atoms with Crippen LogP contribution < -0.4 is 9.64 Å². The highest BCUT2D eigenvalue weighted by Gasteiger charge is 2.25. The van der Waals surface area contributed by atoms with Crippen LogP contribution in [-0.2, 0) is 0 Å². The van der Waals surface area contributed by atoms with Crippen LogP contribution in [0.5, 0.6) is 5.75 Å². The molecule has 0 N–H and O–H groups in total. The first-order chi connectivity index (χ1) is 12.7. The molecule has 6 nitrogen and oxygen atoms in total. The Kier molecular flexibility index (Phi) is 4.42. The van der Waals surface area contributed by atoms with Crippen molar-refractivity contribution < 1.29 is 9.53 Å². The summed E-state index contributed by atoms with van der Waals surface area (Å²) in [7, 11) is 1.67. The highest BCUT2D eigenvalue weighted by molar-refractivity contribution is 6.30. The second-order valence-corrected chi connectivity index (χ2v) is 6.62. The largest absolute Gasteiger partial charge is 0.495 e. The van der Waals surface area contributed by atoms with E-state index in [1.807, 2.05) is 33.6 Å². The number of para-hydroxylation sites is 2. The van der Waals surface area contributed by atoms with E-state index in [4.69, 9.17) is 16.3 Å². The summed E-state index contributed by atoms with van der Waals surface area (Å²) in [6, 6.07) is 11.5. The Morgan fingerprint density at radius 3 is 2.69 bits per heavy atom. The molecule has 2 aromatic heterocycles. The normalized spacial score (nSPS) is 14.7. The zero-order valence-electron chi connectivity index (χ0n) is 14.4. The maximum Gasteiger partial charge on any atom is 0.274 e. The molecule has 1 amide bonds. The molecular formula is C19H19ClN4O2. The van der Waals surface area contributed by atoms with Gasteiger partial charge in [0.1, 0.15) is 17.1 Å². The number of hydrogen-bond donors (Lipinski definition) is 0. The predicted molar refractivity (Wildman–Crippen MR) is 101 cm³/mol. The molecule has 1 aliphatic rings. The van der Waals surface area contributed by atoms with Crippen molar-refractivity contribution in [3.05, 3.63) is 59.5 Å². The van der Waals surface area contributed by atoms with E-state index < -0.39 is 0 Å². The third kappa shape index (κ3) is 3.08. The van der Waals surface area contributed by atoms with Crippen molar-refractivity contribution in [1.82, 2.24) is 14.3 Å². The number of imidazole rings is 1. The van der Waals surface area contributed by atoms with Crippen LogP contribution in [0.1, 0.15) is 10.5 Å². The molecule has 3 aromatic rings. The molecule has 4 rings (SSSR count). The third-order valence-electron chi connectivity index (χ3n) is 4.63. The minimum atomic E-state index is -0.0514. The van der Waals surface area contributed by atoms with E-state index in [2.05, 4.69) is 9.88 Å². The fourth-order valence-corrected chi connectivity index (χ4v) is 3.42. The van der Waals surface area contributed by atoms with Crippen molar-refractivity contribution in [3.8, 4) is 5.75 Å². The van der Waals surface area contributed by atoms with Crippen LogP contribution in [0.4, 0.5) is 5.69 Å². The van der Waals surface area contributed by atoms with Crippen LogP contribution in [0.25, 0.3) is 5.65 Å². The van der Waals surface area contributed by atoms with Crippen LogP contribution in [0, 0.1) is 0 Å². The zero-order valence-corrected chi connectivity index (χ0v) is 15.2. The molecular weight excluding hydrogens is 352 g/mol. The Morgan fingerprint density at radius 2 is 1.92 bits per heavy atom. The maximum atomic E-state index is 12.8. The monoisotopic (exact) mass is 370 g/mol. The third-order valence-corrected chi connectivity index (χ3v) is 4.87. The summed E-state index contributed by atoms with van der Waals surface area (Å²) in [5, 5.41) is 0.604. The standard InChI is InChI=1S/C19H19ClN4O2/c1-26-17-5-3-2-4-16(17)22-8-10-23(11-9-22)19(25)15-13-24-7-6-14(20)12-18(24)21-15/h2-7,12-13H,8-11H2,1H3. The molecule has 0 spiro atoms. The summed E-state index contributed by atoms with van der Waals surface area (Å²) in [5.41, 5.74) is 2.18. The number of pyridine rings is 1. The highest BCUT2D eigenvalue weighted by atomic mass is 35.5. The van der Waals surface area contributed by atoms with Gasteiger partial charge in [0.25, 0.3) is 5.91 Å². The average Bonchev–Trinajstić information content (AvgIpc) is 3.10. The first-order valence-electron chi connectivity index (χ1n) is 8.47. The summed E-state index contributed by atoms with van der Waals surface area (Å²) in [4.78, 5) is 21.3. The first kappa shape index (κ1) is 16.7. The minimum absolute atomic E-state index is 0.0514. The molecule has 3 heterocycles. The Bertz CT molecular complexity index is 948. The molecule has 134 valence electrons. The lowest BCUT2D eigenvalue weighted by molar-refractivity contribution is 0.0741. The molecule has 1 saturated heterocycles. The Morgan fingerprint density at radius 1 is 1.15 bits per heavy atom. The van der Waals surface area contributed by atoms with Gasteiger partial charge in [-0.25, -0.2) is 4.98 Å². The molecule has 0 bridgehead atoms. The molecule has 1 fully saturated rings. The number of rotatable bonds is 3. The van der Waals surface area contributed by atoms with Crippen molar-refractivity contribution in [2.75, 3.05) is 38.2 Å². The van der Waals surface area contributed by atoms with Crippen LogP contribution >= 0.6 is 11.6 Å². The Labute approximate surface area is 156 Å². The van der Waals surface area contributed by atoms with E-state index in [0.717, 1.165) is 24.5 Å². The Hall–Kier alpha value is -2.73. The van der Waals surface area contributed by atoms with E-state index in [0.29, 0.717) is 29.5 Å². The number of amides is 1. The van der Waals surface area contributed by atoms with Gasteiger partial charge in [0.05, 0.1) is 12.8 Å².